The molecule has 3 N–H and O–H groups in total. The normalized spacial score (nSPS) is 23.6. The van der Waals surface area contributed by atoms with E-state index in [1.807, 2.05) is 13.0 Å². The van der Waals surface area contributed by atoms with Crippen LogP contribution in [-0.2, 0) is 10.0 Å². The molecule has 2 unspecified atom stereocenters. The van der Waals surface area contributed by atoms with Crippen molar-refractivity contribution in [1.29, 1.82) is 0 Å². The minimum atomic E-state index is -3.64. The van der Waals surface area contributed by atoms with Crippen molar-refractivity contribution in [2.45, 2.75) is 56.9 Å². The van der Waals surface area contributed by atoms with Crippen LogP contribution in [0.3, 0.4) is 0 Å². The van der Waals surface area contributed by atoms with Crippen LogP contribution in [0.1, 0.15) is 44.6 Å². The lowest BCUT2D eigenvalue weighted by Gasteiger charge is -2.32. The van der Waals surface area contributed by atoms with Crippen LogP contribution in [0.25, 0.3) is 0 Å². The molecule has 1 aliphatic carbocycles. The van der Waals surface area contributed by atoms with Crippen LogP contribution in [-0.4, -0.2) is 14.5 Å². The molecule has 0 radical (unpaired) electrons. The van der Waals surface area contributed by atoms with Crippen molar-refractivity contribution in [3.63, 3.8) is 0 Å². The fraction of sp³-hybridized carbons (Fsp3) is 0.600. The van der Waals surface area contributed by atoms with Gasteiger partial charge in [-0.15, -0.1) is 0 Å². The summed E-state index contributed by atoms with van der Waals surface area (Å²) in [6.45, 7) is 4.21. The molecule has 112 valence electrons. The van der Waals surface area contributed by atoms with Gasteiger partial charge in [0.25, 0.3) is 0 Å². The number of hydrogen-bond acceptors (Lipinski definition) is 3. The zero-order valence-electron chi connectivity index (χ0n) is 12.2. The lowest BCUT2D eigenvalue weighted by atomic mass is 9.82. The fourth-order valence-corrected chi connectivity index (χ4v) is 3.56. The first-order valence-electron chi connectivity index (χ1n) is 7.32. The van der Waals surface area contributed by atoms with E-state index in [1.165, 1.54) is 19.3 Å². The summed E-state index contributed by atoms with van der Waals surface area (Å²) in [6.07, 6.45) is 6.10. The molecule has 1 fully saturated rings. The lowest BCUT2D eigenvalue weighted by molar-refractivity contribution is 0.317. The Morgan fingerprint density at radius 3 is 2.65 bits per heavy atom. The molecule has 0 aliphatic heterocycles. The molecule has 1 saturated carbocycles. The first-order valence-corrected chi connectivity index (χ1v) is 8.86. The Morgan fingerprint density at radius 1 is 1.30 bits per heavy atom. The predicted octanol–water partition coefficient (Wildman–Crippen LogP) is 3.02. The van der Waals surface area contributed by atoms with Crippen LogP contribution in [0.4, 0.5) is 5.69 Å². The summed E-state index contributed by atoms with van der Waals surface area (Å²) in [5.41, 5.74) is 1.94. The Hall–Kier alpha value is -1.07. The van der Waals surface area contributed by atoms with Crippen molar-refractivity contribution in [1.82, 2.24) is 0 Å². The second-order valence-corrected chi connectivity index (χ2v) is 7.29. The quantitative estimate of drug-likeness (QED) is 0.897. The summed E-state index contributed by atoms with van der Waals surface area (Å²) >= 11 is 0. The van der Waals surface area contributed by atoms with Gasteiger partial charge in [-0.3, -0.25) is 0 Å². The molecule has 1 aromatic rings. The minimum absolute atomic E-state index is 0.175. The van der Waals surface area contributed by atoms with Crippen LogP contribution < -0.4 is 10.5 Å². The SMILES string of the molecule is CCC1CCCCC1Nc1cc(S(N)(=O)=O)ccc1C. The van der Waals surface area contributed by atoms with Gasteiger partial charge in [-0.1, -0.05) is 32.3 Å². The monoisotopic (exact) mass is 296 g/mol. The van der Waals surface area contributed by atoms with E-state index in [9.17, 15) is 8.42 Å². The molecular formula is C15H24N2O2S. The Bertz CT molecular complexity index is 569. The average molecular weight is 296 g/mol. The standard InChI is InChI=1S/C15H24N2O2S/c1-3-12-6-4-5-7-14(12)17-15-10-13(20(16,18)19)9-8-11(15)2/h8-10,12,14,17H,3-7H2,1-2H3,(H2,16,18,19). The van der Waals surface area contributed by atoms with Crippen molar-refractivity contribution in [2.75, 3.05) is 5.32 Å². The molecule has 5 heteroatoms. The topological polar surface area (TPSA) is 72.2 Å². The number of nitrogens with two attached hydrogens (primary N) is 1. The average Bonchev–Trinajstić information content (AvgIpc) is 2.40. The van der Waals surface area contributed by atoms with E-state index >= 15 is 0 Å². The highest BCUT2D eigenvalue weighted by molar-refractivity contribution is 7.89. The van der Waals surface area contributed by atoms with Crippen molar-refractivity contribution in [3.05, 3.63) is 23.8 Å². The molecule has 0 saturated heterocycles. The van der Waals surface area contributed by atoms with Gasteiger partial charge in [0, 0.05) is 11.7 Å². The van der Waals surface area contributed by atoms with Gasteiger partial charge in [0.05, 0.1) is 4.90 Å². The van der Waals surface area contributed by atoms with E-state index in [-0.39, 0.29) is 4.90 Å². The Labute approximate surface area is 121 Å². The zero-order chi connectivity index (χ0) is 14.8. The first kappa shape index (κ1) is 15.3. The van der Waals surface area contributed by atoms with E-state index in [0.29, 0.717) is 12.0 Å². The number of rotatable bonds is 4. The molecule has 4 nitrogen and oxygen atoms in total. The number of primary sulfonamides is 1. The molecule has 2 atom stereocenters. The summed E-state index contributed by atoms with van der Waals surface area (Å²) < 4.78 is 22.9. The van der Waals surface area contributed by atoms with Crippen molar-refractivity contribution < 1.29 is 8.42 Å². The molecule has 0 heterocycles. The highest BCUT2D eigenvalue weighted by atomic mass is 32.2. The number of nitrogens with one attached hydrogen (secondary N) is 1. The molecule has 0 amide bonds. The number of aryl methyl sites for hydroxylation is 1. The zero-order valence-corrected chi connectivity index (χ0v) is 13.0. The van der Waals surface area contributed by atoms with Gasteiger partial charge in [-0.25, -0.2) is 13.6 Å². The minimum Gasteiger partial charge on any atom is -0.382 e. The molecule has 0 aromatic heterocycles. The van der Waals surface area contributed by atoms with Crippen molar-refractivity contribution >= 4 is 15.7 Å². The Morgan fingerprint density at radius 2 is 2.00 bits per heavy atom. The van der Waals surface area contributed by atoms with Gasteiger partial charge in [0.1, 0.15) is 0 Å². The third-order valence-electron chi connectivity index (χ3n) is 4.31. The van der Waals surface area contributed by atoms with Crippen molar-refractivity contribution in [3.8, 4) is 0 Å². The summed E-state index contributed by atoms with van der Waals surface area (Å²) in [5.74, 6) is 0.668. The van der Waals surface area contributed by atoms with Crippen LogP contribution >= 0.6 is 0 Å². The molecule has 1 aromatic carbocycles. The number of hydrogen-bond donors (Lipinski definition) is 2. The molecule has 0 spiro atoms. The Kier molecular flexibility index (Phi) is 4.70. The summed E-state index contributed by atoms with van der Waals surface area (Å²) in [4.78, 5) is 0.175. The summed E-state index contributed by atoms with van der Waals surface area (Å²) in [7, 11) is -3.64. The van der Waals surface area contributed by atoms with E-state index in [0.717, 1.165) is 24.1 Å². The second-order valence-electron chi connectivity index (χ2n) is 5.73. The van der Waals surface area contributed by atoms with Crippen LogP contribution in [0.5, 0.6) is 0 Å². The van der Waals surface area contributed by atoms with Crippen LogP contribution in [0.15, 0.2) is 23.1 Å². The highest BCUT2D eigenvalue weighted by Crippen LogP contribution is 2.30. The van der Waals surface area contributed by atoms with Crippen LogP contribution in [0, 0.1) is 12.8 Å². The number of sulfonamides is 1. The third kappa shape index (κ3) is 3.52. The number of anilines is 1. The van der Waals surface area contributed by atoms with Gasteiger partial charge in [0.2, 0.25) is 10.0 Å². The van der Waals surface area contributed by atoms with E-state index < -0.39 is 10.0 Å². The maximum absolute atomic E-state index is 11.5. The summed E-state index contributed by atoms with van der Waals surface area (Å²) in [6, 6.07) is 5.47. The van der Waals surface area contributed by atoms with Gasteiger partial charge in [-0.05, 0) is 43.4 Å². The lowest BCUT2D eigenvalue weighted by Crippen LogP contribution is -2.32. The van der Waals surface area contributed by atoms with Gasteiger partial charge < -0.3 is 5.32 Å². The van der Waals surface area contributed by atoms with E-state index in [4.69, 9.17) is 5.14 Å². The van der Waals surface area contributed by atoms with E-state index in [2.05, 4.69) is 12.2 Å². The predicted molar refractivity (Wildman–Crippen MR) is 82.2 cm³/mol. The van der Waals surface area contributed by atoms with Gasteiger partial charge in [-0.2, -0.15) is 0 Å². The second kappa shape index (κ2) is 6.14. The van der Waals surface area contributed by atoms with Crippen molar-refractivity contribution in [2.24, 2.45) is 11.1 Å². The highest BCUT2D eigenvalue weighted by Gasteiger charge is 2.24. The van der Waals surface area contributed by atoms with Gasteiger partial charge in [0.15, 0.2) is 0 Å². The molecular weight excluding hydrogens is 272 g/mol. The van der Waals surface area contributed by atoms with E-state index in [1.54, 1.807) is 12.1 Å². The molecule has 20 heavy (non-hydrogen) atoms. The maximum Gasteiger partial charge on any atom is 0.238 e. The Balaban J connectivity index is 2.24. The molecule has 1 aliphatic rings. The largest absolute Gasteiger partial charge is 0.382 e. The molecule has 0 bridgehead atoms. The number of benzene rings is 1. The van der Waals surface area contributed by atoms with Gasteiger partial charge >= 0.3 is 0 Å². The molecule has 2 rings (SSSR count). The van der Waals surface area contributed by atoms with Crippen LogP contribution in [0.2, 0.25) is 0 Å². The fourth-order valence-electron chi connectivity index (χ4n) is 3.02. The first-order chi connectivity index (χ1) is 9.41. The third-order valence-corrected chi connectivity index (χ3v) is 5.22. The summed E-state index contributed by atoms with van der Waals surface area (Å²) in [5, 5.41) is 8.75. The smallest absolute Gasteiger partial charge is 0.238 e. The maximum atomic E-state index is 11.5.